The number of nitrogens with one attached hydrogen (secondary N) is 1. The van der Waals surface area contributed by atoms with E-state index in [0.29, 0.717) is 11.5 Å². The minimum atomic E-state index is -3.24. The highest BCUT2D eigenvalue weighted by atomic mass is 32.2. The number of hydrogen-bond acceptors (Lipinski definition) is 5. The molecule has 26 heavy (non-hydrogen) atoms. The summed E-state index contributed by atoms with van der Waals surface area (Å²) >= 11 is 0. The lowest BCUT2D eigenvalue weighted by molar-refractivity contribution is -0.127. The van der Waals surface area contributed by atoms with Crippen molar-refractivity contribution in [3.05, 3.63) is 54.1 Å². The minimum absolute atomic E-state index is 0.243. The molecule has 0 unspecified atom stereocenters. The molecular formula is C19H23NO5S. The molecule has 0 radical (unpaired) electrons. The van der Waals surface area contributed by atoms with E-state index in [1.54, 1.807) is 37.3 Å². The SMILES string of the molecule is COc1ccccc1O[C@H](C)C(=O)N[C@H](C)c1ccc(S(C)(=O)=O)cc1. The second-order valence-electron chi connectivity index (χ2n) is 5.98. The van der Waals surface area contributed by atoms with Gasteiger partial charge in [-0.3, -0.25) is 4.79 Å². The van der Waals surface area contributed by atoms with E-state index in [0.717, 1.165) is 11.8 Å². The second-order valence-corrected chi connectivity index (χ2v) is 8.00. The van der Waals surface area contributed by atoms with Gasteiger partial charge >= 0.3 is 0 Å². The van der Waals surface area contributed by atoms with Crippen molar-refractivity contribution < 1.29 is 22.7 Å². The van der Waals surface area contributed by atoms with Crippen molar-refractivity contribution >= 4 is 15.7 Å². The summed E-state index contributed by atoms with van der Waals surface area (Å²) in [6, 6.07) is 13.2. The Hall–Kier alpha value is -2.54. The smallest absolute Gasteiger partial charge is 0.261 e. The lowest BCUT2D eigenvalue weighted by Crippen LogP contribution is -2.37. The number of hydrogen-bond donors (Lipinski definition) is 1. The summed E-state index contributed by atoms with van der Waals surface area (Å²) in [5.74, 6) is 0.759. The molecule has 0 heterocycles. The number of ether oxygens (including phenoxy) is 2. The van der Waals surface area contributed by atoms with Crippen molar-refractivity contribution in [3.8, 4) is 11.5 Å². The summed E-state index contributed by atoms with van der Waals surface area (Å²) in [6.07, 6.45) is 0.438. The summed E-state index contributed by atoms with van der Waals surface area (Å²) in [4.78, 5) is 12.6. The first-order chi connectivity index (χ1) is 12.2. The number of para-hydroxylation sites is 2. The number of carbonyl (C=O) groups is 1. The number of benzene rings is 2. The molecular weight excluding hydrogens is 354 g/mol. The van der Waals surface area contributed by atoms with Crippen LogP contribution in [0.5, 0.6) is 11.5 Å². The summed E-state index contributed by atoms with van der Waals surface area (Å²) in [7, 11) is -1.71. The predicted molar refractivity (Wildman–Crippen MR) is 99.2 cm³/mol. The van der Waals surface area contributed by atoms with E-state index >= 15 is 0 Å². The van der Waals surface area contributed by atoms with Gasteiger partial charge in [-0.2, -0.15) is 0 Å². The van der Waals surface area contributed by atoms with Crippen molar-refractivity contribution in [2.24, 2.45) is 0 Å². The number of carbonyl (C=O) groups excluding carboxylic acids is 1. The zero-order valence-electron chi connectivity index (χ0n) is 15.2. The first-order valence-corrected chi connectivity index (χ1v) is 10.0. The Balaban J connectivity index is 2.01. The van der Waals surface area contributed by atoms with E-state index in [4.69, 9.17) is 9.47 Å². The fourth-order valence-electron chi connectivity index (χ4n) is 2.38. The fourth-order valence-corrected chi connectivity index (χ4v) is 3.01. The van der Waals surface area contributed by atoms with Gasteiger partial charge in [-0.1, -0.05) is 24.3 Å². The Kier molecular flexibility index (Phi) is 6.26. The Morgan fingerprint density at radius 2 is 1.58 bits per heavy atom. The molecule has 6 nitrogen and oxygen atoms in total. The van der Waals surface area contributed by atoms with Crippen LogP contribution >= 0.6 is 0 Å². The van der Waals surface area contributed by atoms with Crippen LogP contribution in [0.1, 0.15) is 25.5 Å². The van der Waals surface area contributed by atoms with Gasteiger partial charge in [-0.05, 0) is 43.7 Å². The molecule has 7 heteroatoms. The van der Waals surface area contributed by atoms with Crippen LogP contribution in [0.3, 0.4) is 0 Å². The lowest BCUT2D eigenvalue weighted by Gasteiger charge is -2.20. The quantitative estimate of drug-likeness (QED) is 0.802. The van der Waals surface area contributed by atoms with Crippen LogP contribution in [0.4, 0.5) is 0 Å². The highest BCUT2D eigenvalue weighted by Gasteiger charge is 2.19. The molecule has 0 aliphatic heterocycles. The van der Waals surface area contributed by atoms with Crippen molar-refractivity contribution in [2.75, 3.05) is 13.4 Å². The van der Waals surface area contributed by atoms with E-state index in [1.165, 1.54) is 19.2 Å². The molecule has 2 aromatic rings. The average Bonchev–Trinajstić information content (AvgIpc) is 2.61. The molecule has 0 fully saturated rings. The summed E-state index contributed by atoms with van der Waals surface area (Å²) < 4.78 is 33.9. The number of rotatable bonds is 7. The molecule has 1 N–H and O–H groups in total. The first kappa shape index (κ1) is 19.8. The van der Waals surface area contributed by atoms with Gasteiger partial charge in [0.1, 0.15) is 0 Å². The lowest BCUT2D eigenvalue weighted by atomic mass is 10.1. The number of sulfone groups is 1. The van der Waals surface area contributed by atoms with E-state index in [9.17, 15) is 13.2 Å². The molecule has 1 amide bonds. The third-order valence-corrected chi connectivity index (χ3v) is 5.04. The molecule has 0 aromatic heterocycles. The largest absolute Gasteiger partial charge is 0.493 e. The van der Waals surface area contributed by atoms with Crippen LogP contribution in [0, 0.1) is 0 Å². The molecule has 0 aliphatic carbocycles. The molecule has 2 aromatic carbocycles. The van der Waals surface area contributed by atoms with Gasteiger partial charge in [0, 0.05) is 6.26 Å². The van der Waals surface area contributed by atoms with Crippen molar-refractivity contribution in [2.45, 2.75) is 30.9 Å². The highest BCUT2D eigenvalue weighted by Crippen LogP contribution is 2.27. The van der Waals surface area contributed by atoms with E-state index in [-0.39, 0.29) is 16.8 Å². The minimum Gasteiger partial charge on any atom is -0.493 e. The summed E-state index contributed by atoms with van der Waals surface area (Å²) in [5.41, 5.74) is 0.801. The van der Waals surface area contributed by atoms with Gasteiger partial charge in [0.2, 0.25) is 0 Å². The van der Waals surface area contributed by atoms with Crippen LogP contribution in [-0.2, 0) is 14.6 Å². The van der Waals surface area contributed by atoms with Gasteiger partial charge < -0.3 is 14.8 Å². The molecule has 2 rings (SSSR count). The molecule has 0 spiro atoms. The van der Waals surface area contributed by atoms with Crippen LogP contribution in [0.2, 0.25) is 0 Å². The Labute approximate surface area is 154 Å². The standard InChI is InChI=1S/C19H23NO5S/c1-13(15-9-11-16(12-10-15)26(4,22)23)20-19(21)14(2)25-18-8-6-5-7-17(18)24-3/h5-14H,1-4H3,(H,20,21)/t13-,14-/m1/s1. The molecule has 140 valence electrons. The topological polar surface area (TPSA) is 81.7 Å². The Bertz CT molecular complexity index is 862. The van der Waals surface area contributed by atoms with Crippen molar-refractivity contribution in [3.63, 3.8) is 0 Å². The number of amides is 1. The fraction of sp³-hybridized carbons (Fsp3) is 0.316. The van der Waals surface area contributed by atoms with Gasteiger partial charge in [0.05, 0.1) is 18.0 Å². The van der Waals surface area contributed by atoms with E-state index < -0.39 is 15.9 Å². The van der Waals surface area contributed by atoms with Crippen LogP contribution in [0.25, 0.3) is 0 Å². The molecule has 0 bridgehead atoms. The van der Waals surface area contributed by atoms with Crippen molar-refractivity contribution in [1.29, 1.82) is 0 Å². The Morgan fingerprint density at radius 3 is 2.12 bits per heavy atom. The third kappa shape index (κ3) is 4.98. The van der Waals surface area contributed by atoms with Crippen LogP contribution < -0.4 is 14.8 Å². The third-order valence-electron chi connectivity index (χ3n) is 3.91. The first-order valence-electron chi connectivity index (χ1n) is 8.12. The summed E-state index contributed by atoms with van der Waals surface area (Å²) in [5, 5.41) is 2.86. The maximum absolute atomic E-state index is 12.4. The van der Waals surface area contributed by atoms with E-state index in [1.807, 2.05) is 13.0 Å². The molecule has 0 aliphatic rings. The molecule has 0 saturated heterocycles. The molecule has 2 atom stereocenters. The van der Waals surface area contributed by atoms with Gasteiger partial charge in [-0.25, -0.2) is 8.42 Å². The normalized spacial score (nSPS) is 13.5. The maximum Gasteiger partial charge on any atom is 0.261 e. The zero-order chi connectivity index (χ0) is 19.3. The van der Waals surface area contributed by atoms with Gasteiger partial charge in [0.15, 0.2) is 27.4 Å². The monoisotopic (exact) mass is 377 g/mol. The molecule has 0 saturated carbocycles. The second kappa shape index (κ2) is 8.23. The van der Waals surface area contributed by atoms with Crippen molar-refractivity contribution in [1.82, 2.24) is 5.32 Å². The maximum atomic E-state index is 12.4. The van der Waals surface area contributed by atoms with Crippen LogP contribution in [-0.4, -0.2) is 33.8 Å². The average molecular weight is 377 g/mol. The van der Waals surface area contributed by atoms with Crippen LogP contribution in [0.15, 0.2) is 53.4 Å². The highest BCUT2D eigenvalue weighted by molar-refractivity contribution is 7.90. The van der Waals surface area contributed by atoms with E-state index in [2.05, 4.69) is 5.32 Å². The van der Waals surface area contributed by atoms with Gasteiger partial charge in [0.25, 0.3) is 5.91 Å². The van der Waals surface area contributed by atoms with Gasteiger partial charge in [-0.15, -0.1) is 0 Å². The summed E-state index contributed by atoms with van der Waals surface area (Å²) in [6.45, 7) is 3.48. The predicted octanol–water partition coefficient (Wildman–Crippen LogP) is 2.74. The Morgan fingerprint density at radius 1 is 1.00 bits per heavy atom. The zero-order valence-corrected chi connectivity index (χ0v) is 16.0. The number of methoxy groups -OCH3 is 1.